The Labute approximate surface area is 187 Å². The van der Waals surface area contributed by atoms with Crippen LogP contribution in [0.1, 0.15) is 30.5 Å². The van der Waals surface area contributed by atoms with E-state index in [1.54, 1.807) is 7.11 Å². The smallest absolute Gasteiger partial charge is 0.130 e. The van der Waals surface area contributed by atoms with Crippen LogP contribution >= 0.6 is 0 Å². The minimum atomic E-state index is -1.36. The molecule has 0 bridgehead atoms. The van der Waals surface area contributed by atoms with Gasteiger partial charge in [0.1, 0.15) is 16.7 Å². The first-order valence-electron chi connectivity index (χ1n) is 10.6. The number of ether oxygens (including phenoxy) is 1. The van der Waals surface area contributed by atoms with Crippen LogP contribution in [0.4, 0.5) is 0 Å². The standard InChI is InChI=1S/C27H29NO2S/c1-16(2)28-31(29)27-19(5)15-20-9-7-8-10-22(20)25(27)24-23-12-11-17(3)13-21(23)14-18(4)26(24)30-6/h7-16,28H,1-6H3. The minimum absolute atomic E-state index is 0.0957. The number of hydrogen-bond acceptors (Lipinski definition) is 2. The van der Waals surface area contributed by atoms with Crippen molar-refractivity contribution < 1.29 is 8.95 Å². The van der Waals surface area contributed by atoms with Gasteiger partial charge in [0, 0.05) is 17.2 Å². The van der Waals surface area contributed by atoms with Crippen molar-refractivity contribution in [2.45, 2.75) is 45.6 Å². The number of aryl methyl sites for hydroxylation is 3. The van der Waals surface area contributed by atoms with Gasteiger partial charge in [0.25, 0.3) is 0 Å². The van der Waals surface area contributed by atoms with Gasteiger partial charge in [-0.2, -0.15) is 0 Å². The number of nitrogens with one attached hydrogen (secondary N) is 1. The fourth-order valence-electron chi connectivity index (χ4n) is 4.39. The number of methoxy groups -OCH3 is 1. The van der Waals surface area contributed by atoms with Crippen molar-refractivity contribution in [3.63, 3.8) is 0 Å². The molecule has 4 aromatic rings. The fraction of sp³-hybridized carbons (Fsp3) is 0.259. The molecule has 0 fully saturated rings. The summed E-state index contributed by atoms with van der Waals surface area (Å²) in [6.07, 6.45) is 0. The van der Waals surface area contributed by atoms with Gasteiger partial charge in [-0.25, -0.2) is 8.93 Å². The molecule has 4 heteroatoms. The molecule has 0 radical (unpaired) electrons. The Balaban J connectivity index is 2.23. The number of benzene rings is 4. The van der Waals surface area contributed by atoms with E-state index in [0.29, 0.717) is 0 Å². The van der Waals surface area contributed by atoms with E-state index >= 15 is 0 Å². The molecule has 0 aliphatic carbocycles. The lowest BCUT2D eigenvalue weighted by molar-refractivity contribution is 0.414. The van der Waals surface area contributed by atoms with Crippen molar-refractivity contribution >= 4 is 32.5 Å². The van der Waals surface area contributed by atoms with Gasteiger partial charge < -0.3 is 4.74 Å². The number of fused-ring (bicyclic) bond motifs is 2. The molecule has 0 heterocycles. The summed E-state index contributed by atoms with van der Waals surface area (Å²) < 4.78 is 22.7. The highest BCUT2D eigenvalue weighted by molar-refractivity contribution is 7.83. The minimum Gasteiger partial charge on any atom is -0.496 e. The van der Waals surface area contributed by atoms with E-state index in [4.69, 9.17) is 4.74 Å². The maximum atomic E-state index is 13.5. The molecule has 31 heavy (non-hydrogen) atoms. The van der Waals surface area contributed by atoms with E-state index in [-0.39, 0.29) is 6.04 Å². The van der Waals surface area contributed by atoms with Crippen molar-refractivity contribution in [1.29, 1.82) is 0 Å². The second kappa shape index (κ2) is 8.45. The highest BCUT2D eigenvalue weighted by Crippen LogP contribution is 2.46. The second-order valence-electron chi connectivity index (χ2n) is 8.49. The quantitative estimate of drug-likeness (QED) is 0.386. The summed E-state index contributed by atoms with van der Waals surface area (Å²) in [4.78, 5) is 0.818. The van der Waals surface area contributed by atoms with Gasteiger partial charge in [-0.05, 0) is 73.4 Å². The highest BCUT2D eigenvalue weighted by Gasteiger charge is 2.24. The van der Waals surface area contributed by atoms with Gasteiger partial charge in [0.15, 0.2) is 0 Å². The van der Waals surface area contributed by atoms with Gasteiger partial charge in [-0.3, -0.25) is 0 Å². The lowest BCUT2D eigenvalue weighted by Crippen LogP contribution is -2.26. The van der Waals surface area contributed by atoms with E-state index in [1.807, 2.05) is 32.9 Å². The second-order valence-corrected chi connectivity index (χ2v) is 9.67. The summed E-state index contributed by atoms with van der Waals surface area (Å²) in [5.41, 5.74) is 5.27. The van der Waals surface area contributed by atoms with Crippen molar-refractivity contribution in [1.82, 2.24) is 4.72 Å². The van der Waals surface area contributed by atoms with Crippen molar-refractivity contribution in [2.24, 2.45) is 0 Å². The SMILES string of the molecule is COc1c(C)cc2cc(C)ccc2c1-c1c(S(=O)NC(C)C)c(C)cc2ccccc12. The zero-order chi connectivity index (χ0) is 22.3. The zero-order valence-corrected chi connectivity index (χ0v) is 19.8. The number of rotatable bonds is 5. The van der Waals surface area contributed by atoms with Gasteiger partial charge >= 0.3 is 0 Å². The van der Waals surface area contributed by atoms with Gasteiger partial charge in [-0.15, -0.1) is 0 Å². The summed E-state index contributed by atoms with van der Waals surface area (Å²) in [5.74, 6) is 0.829. The monoisotopic (exact) mass is 431 g/mol. The molecule has 0 amide bonds. The van der Waals surface area contributed by atoms with Crippen LogP contribution in [0.2, 0.25) is 0 Å². The molecule has 1 N–H and O–H groups in total. The first kappa shape index (κ1) is 21.5. The molecular weight excluding hydrogens is 402 g/mol. The summed E-state index contributed by atoms with van der Waals surface area (Å²) in [5, 5.41) is 4.47. The average Bonchev–Trinajstić information content (AvgIpc) is 2.71. The van der Waals surface area contributed by atoms with Crippen LogP contribution in [0.25, 0.3) is 32.7 Å². The van der Waals surface area contributed by atoms with Crippen LogP contribution in [0.5, 0.6) is 5.75 Å². The molecule has 1 atom stereocenters. The van der Waals surface area contributed by atoms with E-state index in [1.165, 1.54) is 5.56 Å². The molecule has 0 spiro atoms. The summed E-state index contributed by atoms with van der Waals surface area (Å²) in [6, 6.07) is 19.2. The topological polar surface area (TPSA) is 38.3 Å². The first-order valence-corrected chi connectivity index (χ1v) is 11.8. The predicted octanol–water partition coefficient (Wildman–Crippen LogP) is 6.61. The third kappa shape index (κ3) is 3.86. The maximum absolute atomic E-state index is 13.5. The molecule has 0 aliphatic rings. The summed E-state index contributed by atoms with van der Waals surface area (Å²) >= 11 is 0. The molecule has 0 saturated carbocycles. The van der Waals surface area contributed by atoms with Crippen molar-refractivity contribution in [3.05, 3.63) is 71.3 Å². The van der Waals surface area contributed by atoms with Crippen molar-refractivity contribution in [3.8, 4) is 16.9 Å². The molecule has 1 unspecified atom stereocenters. The molecule has 0 saturated heterocycles. The van der Waals surface area contributed by atoms with Gasteiger partial charge in [0.05, 0.1) is 12.0 Å². The molecule has 4 aromatic carbocycles. The van der Waals surface area contributed by atoms with E-state index in [0.717, 1.165) is 54.4 Å². The molecule has 4 rings (SSSR count). The van der Waals surface area contributed by atoms with Crippen LogP contribution in [0.15, 0.2) is 59.5 Å². The van der Waals surface area contributed by atoms with Crippen LogP contribution in [0, 0.1) is 20.8 Å². The predicted molar refractivity (Wildman–Crippen MR) is 132 cm³/mol. The number of hydrogen-bond donors (Lipinski definition) is 1. The van der Waals surface area contributed by atoms with E-state index < -0.39 is 11.0 Å². The molecular formula is C27H29NO2S. The molecule has 160 valence electrons. The Kier molecular flexibility index (Phi) is 5.87. The first-order chi connectivity index (χ1) is 14.8. The third-order valence-electron chi connectivity index (χ3n) is 5.60. The van der Waals surface area contributed by atoms with Crippen LogP contribution in [-0.4, -0.2) is 17.4 Å². The molecule has 0 aromatic heterocycles. The van der Waals surface area contributed by atoms with Crippen LogP contribution in [0.3, 0.4) is 0 Å². The Morgan fingerprint density at radius 3 is 2.23 bits per heavy atom. The van der Waals surface area contributed by atoms with Crippen LogP contribution < -0.4 is 9.46 Å². The Morgan fingerprint density at radius 1 is 0.839 bits per heavy atom. The average molecular weight is 432 g/mol. The largest absolute Gasteiger partial charge is 0.496 e. The Bertz CT molecular complexity index is 1320. The van der Waals surface area contributed by atoms with Crippen molar-refractivity contribution in [2.75, 3.05) is 7.11 Å². The molecule has 3 nitrogen and oxygen atoms in total. The lowest BCUT2D eigenvalue weighted by Gasteiger charge is -2.22. The zero-order valence-electron chi connectivity index (χ0n) is 19.0. The fourth-order valence-corrected chi connectivity index (χ4v) is 5.68. The van der Waals surface area contributed by atoms with Gasteiger partial charge in [0.2, 0.25) is 0 Å². The normalized spacial score (nSPS) is 12.6. The third-order valence-corrected chi connectivity index (χ3v) is 7.19. The summed E-state index contributed by atoms with van der Waals surface area (Å²) in [7, 11) is 0.352. The Hall–Kier alpha value is -2.69. The Morgan fingerprint density at radius 2 is 1.52 bits per heavy atom. The molecule has 0 aliphatic heterocycles. The lowest BCUT2D eigenvalue weighted by atomic mass is 9.89. The van der Waals surface area contributed by atoms with E-state index in [9.17, 15) is 4.21 Å². The summed E-state index contributed by atoms with van der Waals surface area (Å²) in [6.45, 7) is 10.2. The van der Waals surface area contributed by atoms with Crippen LogP contribution in [-0.2, 0) is 11.0 Å². The highest BCUT2D eigenvalue weighted by atomic mass is 32.2. The van der Waals surface area contributed by atoms with Gasteiger partial charge in [-0.1, -0.05) is 54.1 Å². The maximum Gasteiger partial charge on any atom is 0.130 e. The van der Waals surface area contributed by atoms with E-state index in [2.05, 4.69) is 61.0 Å².